The summed E-state index contributed by atoms with van der Waals surface area (Å²) in [5.74, 6) is -0.968. The molecule has 1 spiro atoms. The van der Waals surface area contributed by atoms with Crippen molar-refractivity contribution in [3.8, 4) is 5.75 Å². The lowest BCUT2D eigenvalue weighted by molar-refractivity contribution is -0.142. The number of hydrogen-bond donors (Lipinski definition) is 2. The third kappa shape index (κ3) is 5.46. The van der Waals surface area contributed by atoms with Crippen molar-refractivity contribution in [1.29, 1.82) is 0 Å². The van der Waals surface area contributed by atoms with Gasteiger partial charge in [-0.25, -0.2) is 0 Å². The predicted molar refractivity (Wildman–Crippen MR) is 159 cm³/mol. The number of anilines is 1. The molecule has 2 heterocycles. The number of aliphatic carboxylic acids is 1. The van der Waals surface area contributed by atoms with Crippen LogP contribution in [0.2, 0.25) is 5.02 Å². The number of carbonyl (C=O) groups excluding carboxylic acids is 1. The lowest BCUT2D eigenvalue weighted by Gasteiger charge is -2.45. The fraction of sp³-hybridized carbons (Fsp3) is 0.515. The molecule has 2 aliphatic carbocycles. The van der Waals surface area contributed by atoms with Crippen LogP contribution in [0.3, 0.4) is 0 Å². The smallest absolute Gasteiger partial charge is 0.311 e. The van der Waals surface area contributed by atoms with Gasteiger partial charge in [-0.3, -0.25) is 9.59 Å². The van der Waals surface area contributed by atoms with Crippen LogP contribution in [-0.2, 0) is 21.4 Å². The van der Waals surface area contributed by atoms with E-state index in [4.69, 9.17) is 16.3 Å². The molecular weight excluding hydrogens is 540 g/mol. The zero-order chi connectivity index (χ0) is 28.7. The summed E-state index contributed by atoms with van der Waals surface area (Å²) in [7, 11) is 1.71. The van der Waals surface area contributed by atoms with Crippen molar-refractivity contribution in [2.45, 2.75) is 62.4 Å². The molecule has 1 saturated carbocycles. The van der Waals surface area contributed by atoms with Crippen molar-refractivity contribution < 1.29 is 24.5 Å². The minimum atomic E-state index is -1.01. The van der Waals surface area contributed by atoms with Gasteiger partial charge in [-0.1, -0.05) is 35.9 Å². The summed E-state index contributed by atoms with van der Waals surface area (Å²) in [4.78, 5) is 29.4. The second-order valence-corrected chi connectivity index (χ2v) is 12.9. The number of amides is 1. The summed E-state index contributed by atoms with van der Waals surface area (Å²) >= 11 is 6.39. The van der Waals surface area contributed by atoms with Crippen molar-refractivity contribution in [3.63, 3.8) is 0 Å². The van der Waals surface area contributed by atoms with Crippen LogP contribution >= 0.6 is 11.6 Å². The van der Waals surface area contributed by atoms with E-state index in [0.717, 1.165) is 61.7 Å². The van der Waals surface area contributed by atoms with Crippen LogP contribution in [0, 0.1) is 11.8 Å². The molecule has 6 rings (SSSR count). The Kier molecular flexibility index (Phi) is 7.77. The van der Waals surface area contributed by atoms with Gasteiger partial charge in [-0.2, -0.15) is 0 Å². The first kappa shape index (κ1) is 28.1. The van der Waals surface area contributed by atoms with Gasteiger partial charge in [-0.15, -0.1) is 0 Å². The van der Waals surface area contributed by atoms with Gasteiger partial charge in [0.15, 0.2) is 0 Å². The Bertz CT molecular complexity index is 1360. The predicted octanol–water partition coefficient (Wildman–Crippen LogP) is 5.18. The molecule has 2 aromatic rings. The van der Waals surface area contributed by atoms with E-state index in [2.05, 4.69) is 17.0 Å². The first-order chi connectivity index (χ1) is 19.7. The fourth-order valence-electron chi connectivity index (χ4n) is 7.35. The van der Waals surface area contributed by atoms with E-state index in [1.807, 2.05) is 30.4 Å². The summed E-state index contributed by atoms with van der Waals surface area (Å²) in [6.07, 6.45) is 8.82. The van der Waals surface area contributed by atoms with Gasteiger partial charge >= 0.3 is 5.97 Å². The Morgan fingerprint density at radius 2 is 2.02 bits per heavy atom. The van der Waals surface area contributed by atoms with Crippen molar-refractivity contribution >= 4 is 29.2 Å². The number of aliphatic hydroxyl groups excluding tert-OH is 1. The first-order valence-corrected chi connectivity index (χ1v) is 15.2. The van der Waals surface area contributed by atoms with E-state index in [1.165, 1.54) is 11.1 Å². The zero-order valence-corrected chi connectivity index (χ0v) is 24.4. The average molecular weight is 579 g/mol. The second-order valence-electron chi connectivity index (χ2n) is 12.5. The standard InChI is InChI=1S/C33H39ClN2O5/c1-35-14-3-2-6-29(37)25-10-7-23(25)18-36-19-33(13-4-5-22-15-24(34)9-11-27(22)33)20-41-30-12-8-21(16-28(30)36)26(32(39)40)17-31(35)38/h2,6,8-9,11-12,15-16,23,25-26,29,37H,3-5,7,10,13-14,17-20H2,1H3,(H,39,40)/b6-2-/t23-,25+,26+,29-,33-/m0/s1. The molecular formula is C33H39ClN2O5. The van der Waals surface area contributed by atoms with Gasteiger partial charge in [0.25, 0.3) is 0 Å². The maximum atomic E-state index is 13.0. The monoisotopic (exact) mass is 578 g/mol. The van der Waals surface area contributed by atoms with Gasteiger partial charge < -0.3 is 24.7 Å². The number of halogens is 1. The average Bonchev–Trinajstić information content (AvgIpc) is 3.08. The summed E-state index contributed by atoms with van der Waals surface area (Å²) in [6, 6.07) is 11.8. The Labute approximate surface area is 246 Å². The number of benzene rings is 2. The van der Waals surface area contributed by atoms with E-state index < -0.39 is 18.0 Å². The number of nitrogens with zero attached hydrogens (tertiary/aromatic N) is 2. The largest absolute Gasteiger partial charge is 0.490 e. The highest BCUT2D eigenvalue weighted by Gasteiger charge is 2.44. The van der Waals surface area contributed by atoms with Gasteiger partial charge in [0.2, 0.25) is 5.91 Å². The molecule has 2 aliphatic heterocycles. The molecule has 41 heavy (non-hydrogen) atoms. The molecule has 0 radical (unpaired) electrons. The Hall–Kier alpha value is -3.03. The van der Waals surface area contributed by atoms with E-state index in [0.29, 0.717) is 31.1 Å². The minimum Gasteiger partial charge on any atom is -0.490 e. The van der Waals surface area contributed by atoms with Gasteiger partial charge in [-0.05, 0) is 91.3 Å². The highest BCUT2D eigenvalue weighted by atomic mass is 35.5. The molecule has 2 aromatic carbocycles. The van der Waals surface area contributed by atoms with Crippen LogP contribution in [0.15, 0.2) is 48.6 Å². The van der Waals surface area contributed by atoms with E-state index in [1.54, 1.807) is 18.0 Å². The molecule has 7 nitrogen and oxygen atoms in total. The summed E-state index contributed by atoms with van der Waals surface area (Å²) < 4.78 is 6.57. The van der Waals surface area contributed by atoms with Crippen molar-refractivity contribution in [2.24, 2.45) is 11.8 Å². The Morgan fingerprint density at radius 3 is 2.80 bits per heavy atom. The third-order valence-electron chi connectivity index (χ3n) is 9.90. The highest BCUT2D eigenvalue weighted by Crippen LogP contribution is 2.47. The Balaban J connectivity index is 1.43. The molecule has 8 heteroatoms. The molecule has 4 aliphatic rings. The Morgan fingerprint density at radius 1 is 1.17 bits per heavy atom. The molecule has 1 fully saturated rings. The molecule has 0 saturated heterocycles. The van der Waals surface area contributed by atoms with Crippen LogP contribution in [-0.4, -0.2) is 66.4 Å². The maximum Gasteiger partial charge on any atom is 0.311 e. The number of aliphatic hydroxyl groups is 1. The number of fused-ring (bicyclic) bond motifs is 4. The number of carboxylic acids is 1. The first-order valence-electron chi connectivity index (χ1n) is 14.9. The van der Waals surface area contributed by atoms with Crippen molar-refractivity contribution in [2.75, 3.05) is 38.2 Å². The normalized spacial score (nSPS) is 30.9. The molecule has 2 bridgehead atoms. The number of ether oxygens (including phenoxy) is 1. The third-order valence-corrected chi connectivity index (χ3v) is 10.1. The summed E-state index contributed by atoms with van der Waals surface area (Å²) in [5.41, 5.74) is 3.79. The van der Waals surface area contributed by atoms with Crippen LogP contribution in [0.5, 0.6) is 5.75 Å². The number of hydrogen-bond acceptors (Lipinski definition) is 5. The second kappa shape index (κ2) is 11.3. The van der Waals surface area contributed by atoms with E-state index >= 15 is 0 Å². The van der Waals surface area contributed by atoms with Crippen LogP contribution < -0.4 is 9.64 Å². The molecule has 2 N–H and O–H groups in total. The molecule has 1 amide bonds. The van der Waals surface area contributed by atoms with Crippen molar-refractivity contribution in [1.82, 2.24) is 4.90 Å². The van der Waals surface area contributed by atoms with E-state index in [9.17, 15) is 19.8 Å². The lowest BCUT2D eigenvalue weighted by Crippen LogP contribution is -2.49. The quantitative estimate of drug-likeness (QED) is 0.453. The number of carbonyl (C=O) groups is 2. The molecule has 5 atom stereocenters. The lowest BCUT2D eigenvalue weighted by atomic mass is 9.68. The van der Waals surface area contributed by atoms with Crippen LogP contribution in [0.25, 0.3) is 0 Å². The maximum absolute atomic E-state index is 13.0. The fourth-order valence-corrected chi connectivity index (χ4v) is 7.55. The number of carboxylic acid groups (broad SMARTS) is 1. The van der Waals surface area contributed by atoms with Crippen LogP contribution in [0.1, 0.15) is 61.1 Å². The van der Waals surface area contributed by atoms with Gasteiger partial charge in [0, 0.05) is 43.5 Å². The SMILES string of the molecule is CN1CC/C=C\[C@H](O)[C@@H]2CC[C@H]2CN2C[C@@]3(CCCc4cc(Cl)ccc43)COc3ccc(cc32)[C@H](C(=O)O)CC1=O. The topological polar surface area (TPSA) is 90.3 Å². The van der Waals surface area contributed by atoms with Crippen LogP contribution in [0.4, 0.5) is 5.69 Å². The molecule has 0 aromatic heterocycles. The highest BCUT2D eigenvalue weighted by molar-refractivity contribution is 6.30. The number of rotatable bonds is 1. The van der Waals surface area contributed by atoms with Gasteiger partial charge in [0.05, 0.1) is 24.3 Å². The van der Waals surface area contributed by atoms with Crippen molar-refractivity contribution in [3.05, 3.63) is 70.3 Å². The number of aryl methyl sites for hydroxylation is 1. The molecule has 218 valence electrons. The molecule has 0 unspecified atom stereocenters. The van der Waals surface area contributed by atoms with Gasteiger partial charge in [0.1, 0.15) is 5.75 Å². The van der Waals surface area contributed by atoms with E-state index in [-0.39, 0.29) is 23.7 Å². The zero-order valence-electron chi connectivity index (χ0n) is 23.6. The minimum absolute atomic E-state index is 0.111. The summed E-state index contributed by atoms with van der Waals surface area (Å²) in [6.45, 7) is 2.48. The summed E-state index contributed by atoms with van der Waals surface area (Å²) in [5, 5.41) is 22.0.